The molecule has 1 N–H and O–H groups in total. The molecule has 2 nitrogen and oxygen atoms in total. The van der Waals surface area contributed by atoms with Crippen molar-refractivity contribution >= 4 is 32.8 Å². The topological polar surface area (TPSA) is 28.7 Å². The van der Waals surface area contributed by atoms with Gasteiger partial charge in [-0.25, -0.2) is 4.98 Å². The average molecular weight is 329 g/mol. The van der Waals surface area contributed by atoms with Crippen molar-refractivity contribution in [2.24, 2.45) is 0 Å². The number of aromatic amines is 1. The normalized spacial score (nSPS) is 11.8. The summed E-state index contributed by atoms with van der Waals surface area (Å²) in [5.74, 6) is 0. The Morgan fingerprint density at radius 1 is 0.960 bits per heavy atom. The number of fused-ring (bicyclic) bond motifs is 4. The van der Waals surface area contributed by atoms with E-state index in [0.717, 1.165) is 40.3 Å². The zero-order chi connectivity index (χ0) is 17.2. The van der Waals surface area contributed by atoms with Crippen LogP contribution in [-0.2, 0) is 12.8 Å². The van der Waals surface area contributed by atoms with Crippen LogP contribution in [0.5, 0.6) is 0 Å². The first-order chi connectivity index (χ1) is 12.3. The Hall–Kier alpha value is -2.35. The molecule has 0 saturated heterocycles. The van der Waals surface area contributed by atoms with Gasteiger partial charge in [-0.3, -0.25) is 0 Å². The number of hydrogen-bond acceptors (Lipinski definition) is 1. The van der Waals surface area contributed by atoms with Gasteiger partial charge in [0.25, 0.3) is 0 Å². The van der Waals surface area contributed by atoms with Crippen LogP contribution in [-0.4, -0.2) is 9.97 Å². The van der Waals surface area contributed by atoms with Crippen molar-refractivity contribution in [1.29, 1.82) is 0 Å². The van der Waals surface area contributed by atoms with Crippen LogP contribution >= 0.6 is 0 Å². The molecule has 25 heavy (non-hydrogen) atoms. The van der Waals surface area contributed by atoms with Gasteiger partial charge in [-0.1, -0.05) is 44.9 Å². The van der Waals surface area contributed by atoms with E-state index in [-0.39, 0.29) is 0 Å². The highest BCUT2D eigenvalue weighted by Gasteiger charge is 2.10. The number of unbranched alkanes of at least 4 members (excludes halogenated alkanes) is 2. The summed E-state index contributed by atoms with van der Waals surface area (Å²) in [7, 11) is 0. The standard InChI is InChI=1S/C23H25N2/c1-3-5-9-16-13-18-15-22-23(19-11-7-8-12-20(19)24-22)25-21(18)14-17(16)10-6-4-2/h7-8,11-12,14-15,24H,3-6,9-10H2,1-2H3. The maximum absolute atomic E-state index is 4.99. The number of nitrogens with one attached hydrogen (secondary N) is 1. The van der Waals surface area contributed by atoms with Gasteiger partial charge < -0.3 is 4.98 Å². The third kappa shape index (κ3) is 3.02. The minimum absolute atomic E-state index is 1.07. The lowest BCUT2D eigenvalue weighted by atomic mass is 9.95. The van der Waals surface area contributed by atoms with E-state index in [1.165, 1.54) is 42.2 Å². The molecule has 2 heteroatoms. The largest absolute Gasteiger partial charge is 0.353 e. The monoisotopic (exact) mass is 329 g/mol. The van der Waals surface area contributed by atoms with Crippen LogP contribution in [0.2, 0.25) is 0 Å². The molecule has 0 saturated carbocycles. The number of rotatable bonds is 6. The van der Waals surface area contributed by atoms with Gasteiger partial charge >= 0.3 is 0 Å². The Morgan fingerprint density at radius 3 is 2.60 bits per heavy atom. The van der Waals surface area contributed by atoms with Crippen molar-refractivity contribution in [2.75, 3.05) is 0 Å². The number of benzene rings is 2. The summed E-state index contributed by atoms with van der Waals surface area (Å²) in [5.41, 5.74) is 7.22. The van der Waals surface area contributed by atoms with Crippen molar-refractivity contribution in [1.82, 2.24) is 9.97 Å². The van der Waals surface area contributed by atoms with Gasteiger partial charge in [0.15, 0.2) is 0 Å². The SMILES string of the molecule is CCCCc1[c]c2cc3[nH]c4ccccc4c3nc2cc1CCCC. The van der Waals surface area contributed by atoms with Crippen molar-refractivity contribution in [3.63, 3.8) is 0 Å². The summed E-state index contributed by atoms with van der Waals surface area (Å²) in [6, 6.07) is 16.6. The van der Waals surface area contributed by atoms with Crippen molar-refractivity contribution in [3.8, 4) is 0 Å². The zero-order valence-electron chi connectivity index (χ0n) is 15.2. The molecule has 2 heterocycles. The zero-order valence-corrected chi connectivity index (χ0v) is 15.2. The van der Waals surface area contributed by atoms with Crippen LogP contribution in [0, 0.1) is 6.07 Å². The van der Waals surface area contributed by atoms with Crippen LogP contribution in [0.1, 0.15) is 50.7 Å². The first-order valence-corrected chi connectivity index (χ1v) is 9.55. The van der Waals surface area contributed by atoms with Crippen LogP contribution < -0.4 is 0 Å². The molecule has 0 spiro atoms. The third-order valence-electron chi connectivity index (χ3n) is 5.07. The third-order valence-corrected chi connectivity index (χ3v) is 5.07. The number of aromatic nitrogens is 2. The number of nitrogens with zero attached hydrogens (tertiary/aromatic N) is 1. The predicted octanol–water partition coefficient (Wildman–Crippen LogP) is 6.35. The highest BCUT2D eigenvalue weighted by atomic mass is 14.8. The van der Waals surface area contributed by atoms with Gasteiger partial charge in [0.1, 0.15) is 0 Å². The quantitative estimate of drug-likeness (QED) is 0.438. The van der Waals surface area contributed by atoms with Gasteiger partial charge in [0, 0.05) is 16.3 Å². The maximum Gasteiger partial charge on any atom is 0.0965 e. The van der Waals surface area contributed by atoms with E-state index in [1.54, 1.807) is 0 Å². The van der Waals surface area contributed by atoms with Crippen LogP contribution in [0.25, 0.3) is 32.8 Å². The van der Waals surface area contributed by atoms with Gasteiger partial charge in [-0.15, -0.1) is 0 Å². The summed E-state index contributed by atoms with van der Waals surface area (Å²) in [4.78, 5) is 8.49. The number of para-hydroxylation sites is 1. The van der Waals surface area contributed by atoms with E-state index in [2.05, 4.69) is 61.3 Å². The van der Waals surface area contributed by atoms with E-state index in [9.17, 15) is 0 Å². The van der Waals surface area contributed by atoms with Crippen molar-refractivity contribution in [3.05, 3.63) is 53.6 Å². The Balaban J connectivity index is 1.90. The fourth-order valence-corrected chi connectivity index (χ4v) is 3.64. The molecular weight excluding hydrogens is 304 g/mol. The van der Waals surface area contributed by atoms with Crippen LogP contribution in [0.4, 0.5) is 0 Å². The smallest absolute Gasteiger partial charge is 0.0965 e. The number of hydrogen-bond donors (Lipinski definition) is 1. The summed E-state index contributed by atoms with van der Waals surface area (Å²) >= 11 is 0. The molecule has 4 rings (SSSR count). The number of H-pyrrole nitrogens is 1. The second kappa shape index (κ2) is 6.87. The Morgan fingerprint density at radius 2 is 1.76 bits per heavy atom. The van der Waals surface area contributed by atoms with E-state index in [4.69, 9.17) is 4.98 Å². The van der Waals surface area contributed by atoms with Gasteiger partial charge in [0.2, 0.25) is 0 Å². The highest BCUT2D eigenvalue weighted by molar-refractivity contribution is 6.08. The van der Waals surface area contributed by atoms with Crippen LogP contribution in [0.3, 0.4) is 0 Å². The molecular formula is C23H25N2. The summed E-state index contributed by atoms with van der Waals surface area (Å²) in [5, 5.41) is 2.33. The second-order valence-electron chi connectivity index (χ2n) is 6.97. The minimum Gasteiger partial charge on any atom is -0.353 e. The fraction of sp³-hybridized carbons (Fsp3) is 0.348. The summed E-state index contributed by atoms with van der Waals surface area (Å²) in [6.45, 7) is 4.51. The minimum atomic E-state index is 1.07. The van der Waals surface area contributed by atoms with E-state index in [0.29, 0.717) is 0 Å². The number of pyridine rings is 1. The molecule has 4 aromatic rings. The van der Waals surface area contributed by atoms with E-state index >= 15 is 0 Å². The van der Waals surface area contributed by atoms with Gasteiger partial charge in [-0.2, -0.15) is 0 Å². The molecule has 2 aromatic carbocycles. The number of aryl methyl sites for hydroxylation is 2. The molecule has 0 atom stereocenters. The molecule has 127 valence electrons. The lowest BCUT2D eigenvalue weighted by molar-refractivity contribution is 0.758. The Labute approximate surface area is 149 Å². The van der Waals surface area contributed by atoms with Gasteiger partial charge in [-0.05, 0) is 61.1 Å². The highest BCUT2D eigenvalue weighted by Crippen LogP contribution is 2.29. The Bertz CT molecular complexity index is 1030. The molecule has 1 radical (unpaired) electrons. The Kier molecular flexibility index (Phi) is 4.44. The molecule has 0 unspecified atom stereocenters. The van der Waals surface area contributed by atoms with Crippen molar-refractivity contribution in [2.45, 2.75) is 52.4 Å². The first-order valence-electron chi connectivity index (χ1n) is 9.55. The lowest BCUT2D eigenvalue weighted by Gasteiger charge is -2.11. The molecule has 0 aliphatic carbocycles. The molecule has 0 aliphatic rings. The van der Waals surface area contributed by atoms with Crippen LogP contribution in [0.15, 0.2) is 36.4 Å². The maximum atomic E-state index is 4.99. The molecule has 0 amide bonds. The first kappa shape index (κ1) is 16.1. The molecule has 2 aromatic heterocycles. The molecule has 0 bridgehead atoms. The van der Waals surface area contributed by atoms with Crippen molar-refractivity contribution < 1.29 is 0 Å². The lowest BCUT2D eigenvalue weighted by Crippen LogP contribution is -1.97. The van der Waals surface area contributed by atoms with E-state index < -0.39 is 0 Å². The average Bonchev–Trinajstić information content (AvgIpc) is 3.00. The second-order valence-corrected chi connectivity index (χ2v) is 6.97. The fourth-order valence-electron chi connectivity index (χ4n) is 3.64. The molecule has 0 fully saturated rings. The predicted molar refractivity (Wildman–Crippen MR) is 107 cm³/mol. The summed E-state index contributed by atoms with van der Waals surface area (Å²) in [6.07, 6.45) is 7.15. The molecule has 0 aliphatic heterocycles. The summed E-state index contributed by atoms with van der Waals surface area (Å²) < 4.78 is 0. The van der Waals surface area contributed by atoms with Gasteiger partial charge in [0.05, 0.1) is 16.6 Å². The van der Waals surface area contributed by atoms with E-state index in [1.807, 2.05) is 0 Å².